The zero-order chi connectivity index (χ0) is 39.6. The molecule has 0 saturated carbocycles. The molecule has 12 rings (SSSR count). The first-order valence-corrected chi connectivity index (χ1v) is 20.0. The predicted octanol–water partition coefficient (Wildman–Crippen LogP) is 13.3. The summed E-state index contributed by atoms with van der Waals surface area (Å²) in [6.45, 7) is 0. The van der Waals surface area contributed by atoms with Gasteiger partial charge >= 0.3 is 0 Å². The molecule has 12 aromatic rings. The highest BCUT2D eigenvalue weighted by molar-refractivity contribution is 6.05. The van der Waals surface area contributed by atoms with Crippen molar-refractivity contribution in [3.8, 4) is 56.3 Å². The van der Waals surface area contributed by atoms with Gasteiger partial charge in [0, 0.05) is 55.2 Å². The third-order valence-corrected chi connectivity index (χ3v) is 11.5. The molecule has 6 heterocycles. The molecule has 0 unspecified atom stereocenters. The van der Waals surface area contributed by atoms with Crippen LogP contribution < -0.4 is 0 Å². The van der Waals surface area contributed by atoms with E-state index in [0.29, 0.717) is 0 Å². The fourth-order valence-corrected chi connectivity index (χ4v) is 8.31. The minimum absolute atomic E-state index is 0.812. The van der Waals surface area contributed by atoms with Gasteiger partial charge in [-0.2, -0.15) is 0 Å². The third kappa shape index (κ3) is 5.89. The molecule has 278 valence electrons. The van der Waals surface area contributed by atoms with Crippen molar-refractivity contribution in [2.24, 2.45) is 0 Å². The van der Waals surface area contributed by atoms with E-state index in [-0.39, 0.29) is 0 Å². The number of fused-ring (bicyclic) bond motifs is 8. The molecule has 0 aliphatic carbocycles. The van der Waals surface area contributed by atoms with Gasteiger partial charge in [0.1, 0.15) is 0 Å². The molecular weight excluding hydrogens is 733 g/mol. The minimum Gasteiger partial charge on any atom is -0.254 e. The first-order chi connectivity index (χ1) is 29.7. The van der Waals surface area contributed by atoms with E-state index >= 15 is 0 Å². The molecule has 6 aromatic heterocycles. The van der Waals surface area contributed by atoms with Crippen molar-refractivity contribution in [3.63, 3.8) is 0 Å². The Balaban J connectivity index is 0.855. The summed E-state index contributed by atoms with van der Waals surface area (Å²) < 4.78 is 0. The standard InChI is InChI=1S/C54H32N6/c1-2-6-33(7-3-1)44-23-18-37-14-15-38-20-28-49(60-54(38)53(37)58-44)48-27-17-34-11-16-40(32-50(34)57-48)39-21-25-46-43(30-39)22-26-45(56-46)41-8-4-9-42(31-41)47-24-19-36-13-12-35-10-5-29-55-51(35)52(36)59-47/h1-32H. The maximum atomic E-state index is 5.16. The number of aromatic nitrogens is 6. The Bertz CT molecular complexity index is 3680. The van der Waals surface area contributed by atoms with Gasteiger partial charge in [0.25, 0.3) is 0 Å². The zero-order valence-corrected chi connectivity index (χ0v) is 32.2. The molecule has 0 N–H and O–H groups in total. The maximum Gasteiger partial charge on any atom is 0.0973 e. The predicted molar refractivity (Wildman–Crippen MR) is 245 cm³/mol. The van der Waals surface area contributed by atoms with Crippen molar-refractivity contribution in [2.75, 3.05) is 0 Å². The summed E-state index contributed by atoms with van der Waals surface area (Å²) in [4.78, 5) is 30.2. The first-order valence-electron chi connectivity index (χ1n) is 20.0. The molecule has 0 saturated heterocycles. The molecule has 6 nitrogen and oxygen atoms in total. The van der Waals surface area contributed by atoms with Gasteiger partial charge in [0.05, 0.1) is 61.6 Å². The summed E-state index contributed by atoms with van der Waals surface area (Å²) >= 11 is 0. The molecule has 0 spiro atoms. The van der Waals surface area contributed by atoms with E-state index in [1.807, 2.05) is 36.5 Å². The number of hydrogen-bond acceptors (Lipinski definition) is 6. The number of nitrogens with zero attached hydrogens (tertiary/aromatic N) is 6. The average Bonchev–Trinajstić information content (AvgIpc) is 3.33. The molecule has 0 aliphatic heterocycles. The van der Waals surface area contributed by atoms with Gasteiger partial charge in [-0.15, -0.1) is 0 Å². The molecule has 60 heavy (non-hydrogen) atoms. The van der Waals surface area contributed by atoms with Crippen LogP contribution in [0.1, 0.15) is 0 Å². The van der Waals surface area contributed by atoms with Crippen LogP contribution in [0, 0.1) is 0 Å². The van der Waals surface area contributed by atoms with Gasteiger partial charge in [-0.1, -0.05) is 127 Å². The fourth-order valence-electron chi connectivity index (χ4n) is 8.31. The summed E-state index contributed by atoms with van der Waals surface area (Å²) in [5.74, 6) is 0. The Hall–Kier alpha value is -8.22. The van der Waals surface area contributed by atoms with Crippen LogP contribution in [-0.2, 0) is 0 Å². The molecule has 0 amide bonds. The lowest BCUT2D eigenvalue weighted by Gasteiger charge is -2.10. The van der Waals surface area contributed by atoms with Crippen LogP contribution in [0.5, 0.6) is 0 Å². The molecule has 0 atom stereocenters. The van der Waals surface area contributed by atoms with Crippen LogP contribution in [0.25, 0.3) is 122 Å². The van der Waals surface area contributed by atoms with E-state index in [9.17, 15) is 0 Å². The van der Waals surface area contributed by atoms with Crippen molar-refractivity contribution in [1.82, 2.24) is 29.9 Å². The lowest BCUT2D eigenvalue weighted by Crippen LogP contribution is -1.93. The molecular formula is C54H32N6. The van der Waals surface area contributed by atoms with Crippen molar-refractivity contribution >= 4 is 65.4 Å². The van der Waals surface area contributed by atoms with Crippen LogP contribution >= 0.6 is 0 Å². The van der Waals surface area contributed by atoms with Gasteiger partial charge in [0.15, 0.2) is 0 Å². The first kappa shape index (κ1) is 33.9. The Morgan fingerprint density at radius 1 is 0.233 bits per heavy atom. The van der Waals surface area contributed by atoms with Crippen LogP contribution in [0.3, 0.4) is 0 Å². The largest absolute Gasteiger partial charge is 0.254 e. The van der Waals surface area contributed by atoms with Crippen LogP contribution in [0.2, 0.25) is 0 Å². The molecule has 0 fully saturated rings. The highest BCUT2D eigenvalue weighted by atomic mass is 14.8. The minimum atomic E-state index is 0.812. The van der Waals surface area contributed by atoms with Crippen molar-refractivity contribution in [3.05, 3.63) is 194 Å². The Morgan fingerprint density at radius 2 is 0.717 bits per heavy atom. The number of benzene rings is 6. The second kappa shape index (κ2) is 13.7. The summed E-state index contributed by atoms with van der Waals surface area (Å²) in [7, 11) is 0. The van der Waals surface area contributed by atoms with Crippen LogP contribution in [0.15, 0.2) is 194 Å². The highest BCUT2D eigenvalue weighted by Crippen LogP contribution is 2.33. The van der Waals surface area contributed by atoms with E-state index in [4.69, 9.17) is 24.9 Å². The van der Waals surface area contributed by atoms with Gasteiger partial charge in [0.2, 0.25) is 0 Å². The van der Waals surface area contributed by atoms with E-state index in [1.54, 1.807) is 0 Å². The Labute approximate surface area is 344 Å². The topological polar surface area (TPSA) is 77.3 Å². The van der Waals surface area contributed by atoms with Gasteiger partial charge in [-0.05, 0) is 71.8 Å². The highest BCUT2D eigenvalue weighted by Gasteiger charge is 2.13. The van der Waals surface area contributed by atoms with E-state index in [1.165, 1.54) is 0 Å². The van der Waals surface area contributed by atoms with Gasteiger partial charge in [-0.25, -0.2) is 24.9 Å². The van der Waals surface area contributed by atoms with E-state index in [0.717, 1.165) is 122 Å². The lowest BCUT2D eigenvalue weighted by molar-refractivity contribution is 1.31. The van der Waals surface area contributed by atoms with Crippen LogP contribution in [0.4, 0.5) is 0 Å². The summed E-state index contributed by atoms with van der Waals surface area (Å²) in [5, 5.41) is 6.40. The van der Waals surface area contributed by atoms with Crippen molar-refractivity contribution in [2.45, 2.75) is 0 Å². The van der Waals surface area contributed by atoms with E-state index in [2.05, 4.69) is 163 Å². The monoisotopic (exact) mass is 764 g/mol. The fraction of sp³-hybridized carbons (Fsp3) is 0. The molecule has 0 bridgehead atoms. The second-order valence-corrected chi connectivity index (χ2v) is 15.2. The lowest BCUT2D eigenvalue weighted by atomic mass is 10.00. The average molecular weight is 765 g/mol. The maximum absolute atomic E-state index is 5.16. The van der Waals surface area contributed by atoms with Gasteiger partial charge < -0.3 is 0 Å². The Morgan fingerprint density at radius 3 is 1.45 bits per heavy atom. The SMILES string of the molecule is c1ccc(-c2ccc3ccc4ccc(-c5ccc6ccc(-c7ccc8nc(-c9cccc(-c%10ccc%11ccc%12cccnc%12c%11n%10)c9)ccc8c7)cc6n5)nc4c3n2)cc1. The molecule has 6 aromatic carbocycles. The second-order valence-electron chi connectivity index (χ2n) is 15.2. The number of pyridine rings is 6. The third-order valence-electron chi connectivity index (χ3n) is 11.5. The smallest absolute Gasteiger partial charge is 0.0973 e. The number of rotatable bonds is 5. The van der Waals surface area contributed by atoms with E-state index < -0.39 is 0 Å². The Kier molecular flexibility index (Phi) is 7.74. The molecule has 6 heteroatoms. The molecule has 0 aliphatic rings. The van der Waals surface area contributed by atoms with Crippen LogP contribution in [-0.4, -0.2) is 29.9 Å². The normalized spacial score (nSPS) is 11.7. The van der Waals surface area contributed by atoms with Crippen molar-refractivity contribution in [1.29, 1.82) is 0 Å². The van der Waals surface area contributed by atoms with Crippen molar-refractivity contribution < 1.29 is 0 Å². The summed E-state index contributed by atoms with van der Waals surface area (Å²) in [6.07, 6.45) is 1.82. The zero-order valence-electron chi connectivity index (χ0n) is 32.2. The summed E-state index contributed by atoms with van der Waals surface area (Å²) in [5.41, 5.74) is 15.1. The van der Waals surface area contributed by atoms with Gasteiger partial charge in [-0.3, -0.25) is 4.98 Å². The quantitative estimate of drug-likeness (QED) is 0.162. The number of hydrogen-bond donors (Lipinski definition) is 0. The summed E-state index contributed by atoms with van der Waals surface area (Å²) in [6, 6.07) is 65.1. The molecule has 0 radical (unpaired) electrons.